The van der Waals surface area contributed by atoms with Crippen LogP contribution in [-0.2, 0) is 30.3 Å². The lowest BCUT2D eigenvalue weighted by molar-refractivity contribution is -0.141. The van der Waals surface area contributed by atoms with Crippen LogP contribution in [-0.4, -0.2) is 59.9 Å². The van der Waals surface area contributed by atoms with E-state index < -0.39 is 53.1 Å². The average Bonchev–Trinajstić information content (AvgIpc) is 3.63. The molecule has 11 heteroatoms. The number of hydrogen-bond donors (Lipinski definition) is 4. The van der Waals surface area contributed by atoms with E-state index >= 15 is 0 Å². The SMILES string of the molecule is CC(C)(C)OC(=O)N[C@@H](Cc1ccc(F)cc1)C(=O)N[C@@H](C[C@@H]1CCCNC1=O)C(=O)C(=O)NC1CC1. The number of ketones is 1. The van der Waals surface area contributed by atoms with E-state index in [0.717, 1.165) is 12.8 Å². The van der Waals surface area contributed by atoms with Gasteiger partial charge in [0.2, 0.25) is 17.6 Å². The molecule has 1 aromatic carbocycles. The Labute approximate surface area is 215 Å². The minimum absolute atomic E-state index is 0.0234. The monoisotopic (exact) mass is 518 g/mol. The first-order chi connectivity index (χ1) is 17.4. The van der Waals surface area contributed by atoms with Crippen molar-refractivity contribution in [2.45, 2.75) is 83.0 Å². The Morgan fingerprint density at radius 2 is 1.73 bits per heavy atom. The first kappa shape index (κ1) is 28.1. The molecule has 4 N–H and O–H groups in total. The van der Waals surface area contributed by atoms with Crippen molar-refractivity contribution in [2.75, 3.05) is 6.54 Å². The quantitative estimate of drug-likeness (QED) is 0.346. The zero-order chi connectivity index (χ0) is 27.2. The Hall–Kier alpha value is -3.50. The Bertz CT molecular complexity index is 1020. The molecular weight excluding hydrogens is 483 g/mol. The number of halogens is 1. The third-order valence-corrected chi connectivity index (χ3v) is 6.05. The number of nitrogens with one attached hydrogen (secondary N) is 4. The fourth-order valence-corrected chi connectivity index (χ4v) is 4.01. The van der Waals surface area contributed by atoms with E-state index in [9.17, 15) is 28.4 Å². The smallest absolute Gasteiger partial charge is 0.408 e. The van der Waals surface area contributed by atoms with E-state index in [1.54, 1.807) is 20.8 Å². The highest BCUT2D eigenvalue weighted by molar-refractivity contribution is 6.38. The van der Waals surface area contributed by atoms with Crippen LogP contribution in [0.3, 0.4) is 0 Å². The molecule has 1 saturated carbocycles. The van der Waals surface area contributed by atoms with Crippen molar-refractivity contribution in [2.24, 2.45) is 5.92 Å². The molecule has 3 rings (SSSR count). The van der Waals surface area contributed by atoms with Gasteiger partial charge in [-0.25, -0.2) is 9.18 Å². The molecule has 1 aliphatic heterocycles. The third-order valence-electron chi connectivity index (χ3n) is 6.05. The molecule has 10 nitrogen and oxygen atoms in total. The van der Waals surface area contributed by atoms with Crippen LogP contribution in [0.4, 0.5) is 9.18 Å². The summed E-state index contributed by atoms with van der Waals surface area (Å²) in [4.78, 5) is 63.8. The topological polar surface area (TPSA) is 143 Å². The molecular formula is C26H35FN4O6. The normalized spacial score (nSPS) is 19.1. The zero-order valence-corrected chi connectivity index (χ0v) is 21.4. The molecule has 3 atom stereocenters. The van der Waals surface area contributed by atoms with E-state index in [0.29, 0.717) is 24.9 Å². The fourth-order valence-electron chi connectivity index (χ4n) is 4.01. The number of alkyl carbamates (subject to hydrolysis) is 1. The van der Waals surface area contributed by atoms with Gasteiger partial charge < -0.3 is 26.0 Å². The second kappa shape index (κ2) is 12.2. The van der Waals surface area contributed by atoms with E-state index in [1.165, 1.54) is 24.3 Å². The number of ether oxygens (including phenoxy) is 1. The number of benzene rings is 1. The molecule has 1 aliphatic carbocycles. The van der Waals surface area contributed by atoms with Crippen LogP contribution in [0.2, 0.25) is 0 Å². The predicted molar refractivity (Wildman–Crippen MR) is 132 cm³/mol. The molecule has 2 aliphatic rings. The van der Waals surface area contributed by atoms with Gasteiger partial charge in [0.15, 0.2) is 0 Å². The van der Waals surface area contributed by atoms with Gasteiger partial charge in [0, 0.05) is 24.9 Å². The summed E-state index contributed by atoms with van der Waals surface area (Å²) < 4.78 is 18.7. The van der Waals surface area contributed by atoms with Gasteiger partial charge >= 0.3 is 6.09 Å². The molecule has 4 amide bonds. The van der Waals surface area contributed by atoms with Crippen molar-refractivity contribution in [1.29, 1.82) is 0 Å². The van der Waals surface area contributed by atoms with E-state index in [-0.39, 0.29) is 24.8 Å². The highest BCUT2D eigenvalue weighted by atomic mass is 19.1. The van der Waals surface area contributed by atoms with Gasteiger partial charge in [0.1, 0.15) is 17.5 Å². The summed E-state index contributed by atoms with van der Waals surface area (Å²) in [7, 11) is 0. The largest absolute Gasteiger partial charge is 0.444 e. The number of hydrogen-bond acceptors (Lipinski definition) is 6. The lowest BCUT2D eigenvalue weighted by Gasteiger charge is -2.28. The minimum Gasteiger partial charge on any atom is -0.444 e. The number of carbonyl (C=O) groups excluding carboxylic acids is 5. The summed E-state index contributed by atoms with van der Waals surface area (Å²) in [6.45, 7) is 5.54. The van der Waals surface area contributed by atoms with Crippen molar-refractivity contribution in [3.63, 3.8) is 0 Å². The third kappa shape index (κ3) is 9.14. The van der Waals surface area contributed by atoms with Gasteiger partial charge in [-0.3, -0.25) is 19.2 Å². The van der Waals surface area contributed by atoms with Gasteiger partial charge in [0.25, 0.3) is 5.91 Å². The van der Waals surface area contributed by atoms with E-state index in [1.807, 2.05) is 0 Å². The number of carbonyl (C=O) groups is 5. The number of amides is 4. The summed E-state index contributed by atoms with van der Waals surface area (Å²) in [5, 5.41) is 10.5. The molecule has 202 valence electrons. The Morgan fingerprint density at radius 1 is 1.05 bits per heavy atom. The van der Waals surface area contributed by atoms with Crippen LogP contribution >= 0.6 is 0 Å². The lowest BCUT2D eigenvalue weighted by atomic mass is 9.89. The first-order valence-corrected chi connectivity index (χ1v) is 12.6. The fraction of sp³-hybridized carbons (Fsp3) is 0.577. The van der Waals surface area contributed by atoms with Crippen LogP contribution in [0.25, 0.3) is 0 Å². The van der Waals surface area contributed by atoms with Gasteiger partial charge in [-0.1, -0.05) is 12.1 Å². The Kier molecular flexibility index (Phi) is 9.23. The number of rotatable bonds is 10. The average molecular weight is 519 g/mol. The molecule has 0 unspecified atom stereocenters. The van der Waals surface area contributed by atoms with Gasteiger partial charge in [-0.2, -0.15) is 0 Å². The van der Waals surface area contributed by atoms with Gasteiger partial charge in [-0.15, -0.1) is 0 Å². The highest BCUT2D eigenvalue weighted by Crippen LogP contribution is 2.21. The molecule has 37 heavy (non-hydrogen) atoms. The maximum atomic E-state index is 13.4. The molecule has 2 fully saturated rings. The van der Waals surface area contributed by atoms with Gasteiger partial charge in [-0.05, 0) is 70.6 Å². The van der Waals surface area contributed by atoms with Crippen LogP contribution in [0, 0.1) is 11.7 Å². The minimum atomic E-state index is -1.27. The molecule has 0 aromatic heterocycles. The Morgan fingerprint density at radius 3 is 2.32 bits per heavy atom. The summed E-state index contributed by atoms with van der Waals surface area (Å²) in [5.74, 6) is -3.65. The summed E-state index contributed by atoms with van der Waals surface area (Å²) in [6, 6.07) is 2.89. The van der Waals surface area contributed by atoms with Crippen molar-refractivity contribution in [1.82, 2.24) is 21.3 Å². The maximum absolute atomic E-state index is 13.4. The number of piperidine rings is 1. The molecule has 1 aromatic rings. The summed E-state index contributed by atoms with van der Waals surface area (Å²) in [6.07, 6.45) is 1.86. The molecule has 0 radical (unpaired) electrons. The summed E-state index contributed by atoms with van der Waals surface area (Å²) >= 11 is 0. The molecule has 1 heterocycles. The lowest BCUT2D eigenvalue weighted by Crippen LogP contribution is -2.56. The predicted octanol–water partition coefficient (Wildman–Crippen LogP) is 1.51. The van der Waals surface area contributed by atoms with Crippen LogP contribution < -0.4 is 21.3 Å². The van der Waals surface area contributed by atoms with Crippen LogP contribution in [0.5, 0.6) is 0 Å². The zero-order valence-electron chi connectivity index (χ0n) is 21.4. The van der Waals surface area contributed by atoms with Crippen molar-refractivity contribution in [3.05, 3.63) is 35.6 Å². The molecule has 0 bridgehead atoms. The van der Waals surface area contributed by atoms with Crippen molar-refractivity contribution in [3.8, 4) is 0 Å². The number of Topliss-reactive ketones (excluding diaryl/α,β-unsaturated/α-hetero) is 1. The van der Waals surface area contributed by atoms with Gasteiger partial charge in [0.05, 0.1) is 6.04 Å². The van der Waals surface area contributed by atoms with Crippen molar-refractivity contribution < 1.29 is 33.1 Å². The standard InChI is InChI=1S/C26H35FN4O6/c1-26(2,3)37-25(36)31-20(13-15-6-8-17(27)9-7-15)23(34)30-19(14-16-5-4-12-28-22(16)33)21(32)24(35)29-18-10-11-18/h6-9,16,18-20H,4-5,10-14H2,1-3H3,(H,28,33)(H,29,35)(H,30,34)(H,31,36)/t16-,19-,20-/m0/s1. The Balaban J connectivity index is 1.78. The van der Waals surface area contributed by atoms with Crippen molar-refractivity contribution >= 4 is 29.6 Å². The molecule has 0 spiro atoms. The van der Waals surface area contributed by atoms with Crippen LogP contribution in [0.15, 0.2) is 24.3 Å². The van der Waals surface area contributed by atoms with E-state index in [2.05, 4.69) is 21.3 Å². The molecule has 1 saturated heterocycles. The maximum Gasteiger partial charge on any atom is 0.408 e. The second-order valence-electron chi connectivity index (χ2n) is 10.6. The first-order valence-electron chi connectivity index (χ1n) is 12.6. The van der Waals surface area contributed by atoms with Crippen LogP contribution in [0.1, 0.15) is 58.4 Å². The summed E-state index contributed by atoms with van der Waals surface area (Å²) in [5.41, 5.74) is -0.270. The second-order valence-corrected chi connectivity index (χ2v) is 10.6. The van der Waals surface area contributed by atoms with E-state index in [4.69, 9.17) is 4.74 Å². The highest BCUT2D eigenvalue weighted by Gasteiger charge is 2.36.